The third kappa shape index (κ3) is 3.13. The number of benzene rings is 1. The Hall–Kier alpha value is -2.14. The van der Waals surface area contributed by atoms with Gasteiger partial charge in [-0.2, -0.15) is 5.10 Å². The van der Waals surface area contributed by atoms with Gasteiger partial charge < -0.3 is 10.6 Å². The number of nitrogens with one attached hydrogen (secondary N) is 2. The minimum atomic E-state index is -0.0297. The number of hydrogen-bond acceptors (Lipinski definition) is 3. The summed E-state index contributed by atoms with van der Waals surface area (Å²) < 4.78 is 1.78. The van der Waals surface area contributed by atoms with Crippen LogP contribution in [0, 0.1) is 5.92 Å². The number of carbonyl (C=O) groups is 1. The summed E-state index contributed by atoms with van der Waals surface area (Å²) in [6.45, 7) is 2.13. The van der Waals surface area contributed by atoms with Crippen LogP contribution in [0.25, 0.3) is 0 Å². The van der Waals surface area contributed by atoms with Crippen LogP contribution < -0.4 is 10.6 Å². The number of aryl methyl sites for hydroxylation is 1. The second kappa shape index (κ2) is 6.10. The lowest BCUT2D eigenvalue weighted by Gasteiger charge is -2.17. The molecule has 1 aliphatic heterocycles. The van der Waals surface area contributed by atoms with E-state index >= 15 is 0 Å². The molecule has 2 atom stereocenters. The normalized spacial score (nSPS) is 21.4. The number of aromatic nitrogens is 2. The van der Waals surface area contributed by atoms with E-state index in [0.717, 1.165) is 24.2 Å². The molecule has 5 nitrogen and oxygen atoms in total. The molecule has 2 aromatic rings. The lowest BCUT2D eigenvalue weighted by molar-refractivity contribution is -0.125. The van der Waals surface area contributed by atoms with Gasteiger partial charge in [-0.3, -0.25) is 9.48 Å². The Morgan fingerprint density at radius 3 is 2.90 bits per heavy atom. The van der Waals surface area contributed by atoms with Crippen LogP contribution in [0.5, 0.6) is 0 Å². The standard InChI is InChI=1S/C16H20N4O/c1-20-11-13(8-19-20)14-9-17-10-15(14)16(21)18-7-12-5-3-2-4-6-12/h2-6,8,11,14-15,17H,7,9-10H2,1H3,(H,18,21)/t14-,15+/m1/s1. The molecule has 1 aromatic heterocycles. The number of hydrogen-bond donors (Lipinski definition) is 2. The molecule has 5 heteroatoms. The third-order valence-corrected chi connectivity index (χ3v) is 4.01. The van der Waals surface area contributed by atoms with Crippen LogP contribution in [0.4, 0.5) is 0 Å². The highest BCUT2D eigenvalue weighted by Gasteiger charge is 2.34. The molecule has 1 aliphatic rings. The molecule has 0 radical (unpaired) electrons. The summed E-state index contributed by atoms with van der Waals surface area (Å²) in [7, 11) is 1.90. The smallest absolute Gasteiger partial charge is 0.225 e. The summed E-state index contributed by atoms with van der Waals surface area (Å²) in [6, 6.07) is 9.98. The number of rotatable bonds is 4. The first kappa shape index (κ1) is 13.8. The molecule has 1 amide bonds. The van der Waals surface area contributed by atoms with Gasteiger partial charge in [0.2, 0.25) is 5.91 Å². The van der Waals surface area contributed by atoms with E-state index in [4.69, 9.17) is 0 Å². The van der Waals surface area contributed by atoms with Crippen LogP contribution in [0.2, 0.25) is 0 Å². The zero-order valence-electron chi connectivity index (χ0n) is 12.1. The van der Waals surface area contributed by atoms with Gasteiger partial charge in [-0.05, 0) is 11.1 Å². The largest absolute Gasteiger partial charge is 0.352 e. The van der Waals surface area contributed by atoms with Crippen molar-refractivity contribution in [2.75, 3.05) is 13.1 Å². The van der Waals surface area contributed by atoms with Crippen molar-refractivity contribution < 1.29 is 4.79 Å². The summed E-state index contributed by atoms with van der Waals surface area (Å²) in [5, 5.41) is 10.6. The van der Waals surface area contributed by atoms with Crippen molar-refractivity contribution in [3.8, 4) is 0 Å². The number of nitrogens with zero attached hydrogens (tertiary/aromatic N) is 2. The Kier molecular flexibility index (Phi) is 4.01. The van der Waals surface area contributed by atoms with E-state index in [-0.39, 0.29) is 17.7 Å². The van der Waals surface area contributed by atoms with Crippen molar-refractivity contribution in [1.29, 1.82) is 0 Å². The minimum Gasteiger partial charge on any atom is -0.352 e. The topological polar surface area (TPSA) is 59.0 Å². The van der Waals surface area contributed by atoms with Gasteiger partial charge in [0.05, 0.1) is 12.1 Å². The SMILES string of the molecule is Cn1cc([C@H]2CNC[C@@H]2C(=O)NCc2ccccc2)cn1. The molecule has 1 saturated heterocycles. The first-order chi connectivity index (χ1) is 10.2. The summed E-state index contributed by atoms with van der Waals surface area (Å²) in [5.41, 5.74) is 2.25. The first-order valence-corrected chi connectivity index (χ1v) is 7.25. The van der Waals surface area contributed by atoms with E-state index in [1.54, 1.807) is 4.68 Å². The molecule has 2 heterocycles. The van der Waals surface area contributed by atoms with Gasteiger partial charge in [0.15, 0.2) is 0 Å². The molecule has 0 unspecified atom stereocenters. The Labute approximate surface area is 124 Å². The number of carbonyl (C=O) groups excluding carboxylic acids is 1. The molecule has 3 rings (SSSR count). The van der Waals surface area contributed by atoms with E-state index in [1.165, 1.54) is 0 Å². The summed E-state index contributed by atoms with van der Waals surface area (Å²) >= 11 is 0. The van der Waals surface area contributed by atoms with Crippen LogP contribution in [-0.4, -0.2) is 28.8 Å². The van der Waals surface area contributed by atoms with Crippen molar-refractivity contribution in [2.45, 2.75) is 12.5 Å². The van der Waals surface area contributed by atoms with Gasteiger partial charge in [0.25, 0.3) is 0 Å². The van der Waals surface area contributed by atoms with E-state index < -0.39 is 0 Å². The summed E-state index contributed by atoms with van der Waals surface area (Å²) in [6.07, 6.45) is 3.85. The lowest BCUT2D eigenvalue weighted by atomic mass is 9.90. The maximum absolute atomic E-state index is 12.4. The van der Waals surface area contributed by atoms with E-state index in [0.29, 0.717) is 6.54 Å². The van der Waals surface area contributed by atoms with Gasteiger partial charge in [0, 0.05) is 38.8 Å². The van der Waals surface area contributed by atoms with E-state index in [1.807, 2.05) is 49.8 Å². The van der Waals surface area contributed by atoms with Crippen LogP contribution in [0.3, 0.4) is 0 Å². The van der Waals surface area contributed by atoms with Crippen LogP contribution in [0.15, 0.2) is 42.7 Å². The Balaban J connectivity index is 1.63. The summed E-state index contributed by atoms with van der Waals surface area (Å²) in [4.78, 5) is 12.4. The van der Waals surface area contributed by atoms with Gasteiger partial charge in [-0.1, -0.05) is 30.3 Å². The van der Waals surface area contributed by atoms with Crippen molar-refractivity contribution in [3.63, 3.8) is 0 Å². The lowest BCUT2D eigenvalue weighted by Crippen LogP contribution is -2.33. The fraction of sp³-hybridized carbons (Fsp3) is 0.375. The molecule has 21 heavy (non-hydrogen) atoms. The molecule has 0 saturated carbocycles. The highest BCUT2D eigenvalue weighted by Crippen LogP contribution is 2.27. The first-order valence-electron chi connectivity index (χ1n) is 7.25. The van der Waals surface area contributed by atoms with Crippen molar-refractivity contribution in [3.05, 3.63) is 53.9 Å². The Bertz CT molecular complexity index is 608. The fourth-order valence-corrected chi connectivity index (χ4v) is 2.85. The van der Waals surface area contributed by atoms with Crippen molar-refractivity contribution in [2.24, 2.45) is 13.0 Å². The third-order valence-electron chi connectivity index (χ3n) is 4.01. The summed E-state index contributed by atoms with van der Waals surface area (Å²) in [5.74, 6) is 0.282. The van der Waals surface area contributed by atoms with Crippen LogP contribution in [0.1, 0.15) is 17.0 Å². The van der Waals surface area contributed by atoms with Gasteiger partial charge in [-0.15, -0.1) is 0 Å². The maximum atomic E-state index is 12.4. The molecule has 0 spiro atoms. The molecule has 1 fully saturated rings. The Morgan fingerprint density at radius 1 is 1.38 bits per heavy atom. The molecule has 0 bridgehead atoms. The van der Waals surface area contributed by atoms with Crippen molar-refractivity contribution in [1.82, 2.24) is 20.4 Å². The average molecular weight is 284 g/mol. The molecular weight excluding hydrogens is 264 g/mol. The second-order valence-corrected chi connectivity index (χ2v) is 5.52. The zero-order valence-corrected chi connectivity index (χ0v) is 12.1. The van der Waals surface area contributed by atoms with Gasteiger partial charge >= 0.3 is 0 Å². The molecular formula is C16H20N4O. The van der Waals surface area contributed by atoms with Gasteiger partial charge in [-0.25, -0.2) is 0 Å². The number of amides is 1. The molecule has 2 N–H and O–H groups in total. The highest BCUT2D eigenvalue weighted by molar-refractivity contribution is 5.80. The minimum absolute atomic E-state index is 0.0297. The zero-order chi connectivity index (χ0) is 14.7. The predicted molar refractivity (Wildman–Crippen MR) is 80.6 cm³/mol. The highest BCUT2D eigenvalue weighted by atomic mass is 16.1. The predicted octanol–water partition coefficient (Wildman–Crippen LogP) is 1.04. The molecule has 0 aliphatic carbocycles. The van der Waals surface area contributed by atoms with E-state index in [9.17, 15) is 4.79 Å². The van der Waals surface area contributed by atoms with Gasteiger partial charge in [0.1, 0.15) is 0 Å². The maximum Gasteiger partial charge on any atom is 0.225 e. The molecule has 1 aromatic carbocycles. The van der Waals surface area contributed by atoms with E-state index in [2.05, 4.69) is 15.7 Å². The van der Waals surface area contributed by atoms with Crippen LogP contribution >= 0.6 is 0 Å². The molecule has 110 valence electrons. The van der Waals surface area contributed by atoms with Crippen molar-refractivity contribution >= 4 is 5.91 Å². The Morgan fingerprint density at radius 2 is 2.19 bits per heavy atom. The quantitative estimate of drug-likeness (QED) is 0.882. The average Bonchev–Trinajstić information content (AvgIpc) is 3.14. The second-order valence-electron chi connectivity index (χ2n) is 5.52. The monoisotopic (exact) mass is 284 g/mol. The fourth-order valence-electron chi connectivity index (χ4n) is 2.85. The van der Waals surface area contributed by atoms with Crippen LogP contribution in [-0.2, 0) is 18.4 Å².